The van der Waals surface area contributed by atoms with Crippen molar-refractivity contribution in [2.24, 2.45) is 0 Å². The smallest absolute Gasteiger partial charge is 0.332 e. The molecule has 1 saturated heterocycles. The Hall–Kier alpha value is -5.17. The fourth-order valence-electron chi connectivity index (χ4n) is 6.31. The Morgan fingerprint density at radius 3 is 2.40 bits per heavy atom. The maximum atomic E-state index is 14.3. The molecule has 0 spiro atoms. The fourth-order valence-corrected chi connectivity index (χ4v) is 6.31. The second-order valence-corrected chi connectivity index (χ2v) is 11.0. The van der Waals surface area contributed by atoms with Gasteiger partial charge in [-0.15, -0.1) is 0 Å². The largest absolute Gasteiger partial charge is 0.356 e. The molecule has 0 aliphatic carbocycles. The van der Waals surface area contributed by atoms with E-state index in [1.807, 2.05) is 79.7 Å². The van der Waals surface area contributed by atoms with Crippen molar-refractivity contribution in [3.63, 3.8) is 0 Å². The number of hydrogen-bond donors (Lipinski definition) is 2. The molecule has 1 aromatic heterocycles. The molecule has 4 amide bonds. The van der Waals surface area contributed by atoms with Crippen molar-refractivity contribution in [2.45, 2.75) is 31.8 Å². The first-order chi connectivity index (χ1) is 20.5. The summed E-state index contributed by atoms with van der Waals surface area (Å²) in [5.74, 6) is -0.643. The van der Waals surface area contributed by atoms with Gasteiger partial charge in [0.25, 0.3) is 11.8 Å². The monoisotopic (exact) mass is 554 g/mol. The minimum Gasteiger partial charge on any atom is -0.356 e. The third kappa shape index (κ3) is 4.25. The Balaban J connectivity index is 1.25. The number of aromatic nitrogens is 1. The summed E-state index contributed by atoms with van der Waals surface area (Å²) in [6.07, 6.45) is 1.07. The highest BCUT2D eigenvalue weighted by atomic mass is 16.2. The van der Waals surface area contributed by atoms with E-state index < -0.39 is 18.1 Å². The molecule has 4 aromatic carbocycles. The number of H-pyrrole nitrogens is 1. The van der Waals surface area contributed by atoms with Crippen molar-refractivity contribution in [1.29, 1.82) is 0 Å². The number of para-hydroxylation sites is 2. The number of anilines is 1. The van der Waals surface area contributed by atoms with Crippen LogP contribution >= 0.6 is 0 Å². The van der Waals surface area contributed by atoms with Gasteiger partial charge in [-0.3, -0.25) is 14.5 Å². The molecule has 208 valence electrons. The van der Waals surface area contributed by atoms with Crippen molar-refractivity contribution in [3.05, 3.63) is 137 Å². The zero-order valence-electron chi connectivity index (χ0n) is 23.2. The minimum absolute atomic E-state index is 0.294. The Kier molecular flexibility index (Phi) is 6.35. The number of urea groups is 1. The maximum Gasteiger partial charge on any atom is 0.332 e. The van der Waals surface area contributed by atoms with Gasteiger partial charge in [0, 0.05) is 29.6 Å². The van der Waals surface area contributed by atoms with Crippen molar-refractivity contribution < 1.29 is 14.4 Å². The molecule has 0 unspecified atom stereocenters. The summed E-state index contributed by atoms with van der Waals surface area (Å²) in [4.78, 5) is 48.2. The summed E-state index contributed by atoms with van der Waals surface area (Å²) < 4.78 is 0. The van der Waals surface area contributed by atoms with Crippen LogP contribution in [0.1, 0.15) is 44.3 Å². The van der Waals surface area contributed by atoms with Gasteiger partial charge < -0.3 is 10.3 Å². The van der Waals surface area contributed by atoms with Gasteiger partial charge in [0.05, 0.1) is 11.3 Å². The second kappa shape index (κ2) is 10.3. The van der Waals surface area contributed by atoms with Crippen LogP contribution in [0.2, 0.25) is 0 Å². The molecule has 2 atom stereocenters. The van der Waals surface area contributed by atoms with E-state index in [-0.39, 0.29) is 11.8 Å². The zero-order chi connectivity index (χ0) is 28.8. The molecule has 0 radical (unpaired) electrons. The average molecular weight is 555 g/mol. The van der Waals surface area contributed by atoms with Gasteiger partial charge in [0.15, 0.2) is 0 Å². The maximum absolute atomic E-state index is 14.3. The van der Waals surface area contributed by atoms with E-state index >= 15 is 0 Å². The number of hydrogen-bond acceptors (Lipinski definition) is 3. The summed E-state index contributed by atoms with van der Waals surface area (Å²) in [5.41, 5.74) is 6.70. The van der Waals surface area contributed by atoms with Crippen LogP contribution in [-0.4, -0.2) is 40.3 Å². The molecule has 7 nitrogen and oxygen atoms in total. The summed E-state index contributed by atoms with van der Waals surface area (Å²) >= 11 is 0. The molecule has 2 aliphatic heterocycles. The Morgan fingerprint density at radius 2 is 1.60 bits per heavy atom. The van der Waals surface area contributed by atoms with Crippen LogP contribution in [0.3, 0.4) is 0 Å². The molecule has 7 rings (SSSR count). The number of fused-ring (bicyclic) bond motifs is 4. The lowest BCUT2D eigenvalue weighted by Gasteiger charge is -2.36. The first kappa shape index (κ1) is 25.8. The predicted molar refractivity (Wildman–Crippen MR) is 162 cm³/mol. The molecular weight excluding hydrogens is 524 g/mol. The van der Waals surface area contributed by atoms with Crippen LogP contribution in [0.4, 0.5) is 10.5 Å². The fraction of sp³-hybridized carbons (Fsp3) is 0.171. The van der Waals surface area contributed by atoms with Gasteiger partial charge in [0.1, 0.15) is 12.1 Å². The third-order valence-corrected chi connectivity index (χ3v) is 8.37. The van der Waals surface area contributed by atoms with E-state index in [1.165, 1.54) is 4.90 Å². The van der Waals surface area contributed by atoms with Gasteiger partial charge in [-0.1, -0.05) is 90.5 Å². The van der Waals surface area contributed by atoms with E-state index in [0.29, 0.717) is 30.6 Å². The number of imide groups is 1. The third-order valence-electron chi connectivity index (χ3n) is 8.37. The highest BCUT2D eigenvalue weighted by Gasteiger charge is 2.53. The van der Waals surface area contributed by atoms with Gasteiger partial charge in [-0.05, 0) is 48.2 Å². The van der Waals surface area contributed by atoms with E-state index in [4.69, 9.17) is 0 Å². The topological polar surface area (TPSA) is 85.5 Å². The van der Waals surface area contributed by atoms with E-state index in [1.54, 1.807) is 29.2 Å². The molecule has 2 aliphatic rings. The molecule has 5 aromatic rings. The lowest BCUT2D eigenvalue weighted by atomic mass is 9.88. The number of nitrogens with zero attached hydrogens (tertiary/aromatic N) is 2. The molecule has 42 heavy (non-hydrogen) atoms. The van der Waals surface area contributed by atoms with Crippen LogP contribution in [0.25, 0.3) is 10.9 Å². The number of amides is 4. The minimum atomic E-state index is -0.690. The summed E-state index contributed by atoms with van der Waals surface area (Å²) in [5, 5.41) is 4.02. The summed E-state index contributed by atoms with van der Waals surface area (Å²) in [6, 6.07) is 31.3. The molecule has 1 fully saturated rings. The van der Waals surface area contributed by atoms with Gasteiger partial charge >= 0.3 is 6.03 Å². The van der Waals surface area contributed by atoms with E-state index in [9.17, 15) is 14.4 Å². The quantitative estimate of drug-likeness (QED) is 0.255. The second-order valence-electron chi connectivity index (χ2n) is 11.0. The Morgan fingerprint density at radius 1 is 0.881 bits per heavy atom. The lowest BCUT2D eigenvalue weighted by molar-refractivity contribution is -0.120. The van der Waals surface area contributed by atoms with Crippen molar-refractivity contribution in [1.82, 2.24) is 15.2 Å². The van der Waals surface area contributed by atoms with E-state index in [2.05, 4.69) is 16.4 Å². The number of carbonyl (C=O) groups is 3. The lowest BCUT2D eigenvalue weighted by Crippen LogP contribution is -2.44. The number of aromatic amines is 1. The van der Waals surface area contributed by atoms with Crippen LogP contribution < -0.4 is 10.2 Å². The van der Waals surface area contributed by atoms with Crippen molar-refractivity contribution in [3.8, 4) is 0 Å². The van der Waals surface area contributed by atoms with E-state index in [0.717, 1.165) is 38.9 Å². The molecule has 2 N–H and O–H groups in total. The number of nitrogens with one attached hydrogen (secondary N) is 2. The molecule has 0 saturated carbocycles. The van der Waals surface area contributed by atoms with Gasteiger partial charge in [-0.2, -0.15) is 0 Å². The number of aryl methyl sites for hydroxylation is 1. The standard InChI is InChI=1S/C35H30N4O3/c1-22-15-17-24(18-16-22)32-31-27(25-11-5-7-13-28(25)37-31)21-30-34(41)39(35(42)38(30)32)29-14-8-6-12-26(29)33(40)36-20-19-23-9-3-2-4-10-23/h2-18,30,32,37H,19-21H2,1H3,(H,36,40)/t30-,32-/m0/s1. The van der Waals surface area contributed by atoms with Crippen LogP contribution in [-0.2, 0) is 17.6 Å². The molecule has 0 bridgehead atoms. The Bertz CT molecular complexity index is 1830. The first-order valence-corrected chi connectivity index (χ1v) is 14.2. The van der Waals surface area contributed by atoms with Crippen molar-refractivity contribution >= 4 is 34.4 Å². The molecule has 3 heterocycles. The summed E-state index contributed by atoms with van der Waals surface area (Å²) in [7, 11) is 0. The average Bonchev–Trinajstić information content (AvgIpc) is 3.51. The number of rotatable bonds is 6. The zero-order valence-corrected chi connectivity index (χ0v) is 23.2. The highest BCUT2D eigenvalue weighted by molar-refractivity contribution is 6.24. The molecular formula is C35H30N4O3. The van der Waals surface area contributed by atoms with Gasteiger partial charge in [0.2, 0.25) is 0 Å². The normalized spacial score (nSPS) is 17.8. The van der Waals surface area contributed by atoms with Crippen LogP contribution in [0, 0.1) is 6.92 Å². The summed E-state index contributed by atoms with van der Waals surface area (Å²) in [6.45, 7) is 2.46. The van der Waals surface area contributed by atoms with Crippen molar-refractivity contribution in [2.75, 3.05) is 11.4 Å². The van der Waals surface area contributed by atoms with Gasteiger partial charge in [-0.25, -0.2) is 9.69 Å². The van der Waals surface area contributed by atoms with Crippen LogP contribution in [0.5, 0.6) is 0 Å². The SMILES string of the molecule is Cc1ccc([C@H]2c3[nH]c4ccccc4c3C[C@H]3C(=O)N(c4ccccc4C(=O)NCCc4ccccc4)C(=O)N23)cc1. The highest BCUT2D eigenvalue weighted by Crippen LogP contribution is 2.45. The number of carbonyl (C=O) groups excluding carboxylic acids is 3. The number of benzene rings is 4. The molecule has 7 heteroatoms. The Labute approximate surface area is 243 Å². The van der Waals surface area contributed by atoms with Crippen LogP contribution in [0.15, 0.2) is 103 Å². The first-order valence-electron chi connectivity index (χ1n) is 14.2. The predicted octanol–water partition coefficient (Wildman–Crippen LogP) is 5.93.